The molecule has 0 unspecified atom stereocenters. The summed E-state index contributed by atoms with van der Waals surface area (Å²) < 4.78 is 4.92. The van der Waals surface area contributed by atoms with Crippen molar-refractivity contribution in [1.29, 1.82) is 0 Å². The van der Waals surface area contributed by atoms with Crippen molar-refractivity contribution in [3.8, 4) is 0 Å². The van der Waals surface area contributed by atoms with E-state index in [0.717, 1.165) is 4.90 Å². The summed E-state index contributed by atoms with van der Waals surface area (Å²) in [6, 6.07) is 6.19. The highest BCUT2D eigenvalue weighted by atomic mass is 35.5. The zero-order valence-electron chi connectivity index (χ0n) is 13.3. The number of rotatable bonds is 5. The first-order valence-corrected chi connectivity index (χ1v) is 8.30. The number of allylic oxidation sites excluding steroid dienone is 2. The number of Topliss-reactive ketones (excluding diaryl/α,β-unsaturated/α-hetero) is 1. The van der Waals surface area contributed by atoms with Crippen LogP contribution < -0.4 is 0 Å². The molecule has 6 nitrogen and oxygen atoms in total. The van der Waals surface area contributed by atoms with Crippen LogP contribution in [0.3, 0.4) is 0 Å². The van der Waals surface area contributed by atoms with Crippen LogP contribution in [-0.2, 0) is 19.1 Å². The van der Waals surface area contributed by atoms with E-state index in [0.29, 0.717) is 23.4 Å². The van der Waals surface area contributed by atoms with E-state index >= 15 is 0 Å². The molecule has 130 valence electrons. The number of hydrogen-bond acceptors (Lipinski definition) is 5. The van der Waals surface area contributed by atoms with Gasteiger partial charge >= 0.3 is 5.97 Å². The number of benzene rings is 1. The molecule has 2 amide bonds. The monoisotopic (exact) mass is 361 g/mol. The van der Waals surface area contributed by atoms with E-state index in [1.165, 1.54) is 12.1 Å². The molecule has 2 aliphatic rings. The lowest BCUT2D eigenvalue weighted by molar-refractivity contribution is -0.152. The van der Waals surface area contributed by atoms with E-state index in [2.05, 4.69) is 0 Å². The van der Waals surface area contributed by atoms with E-state index in [9.17, 15) is 19.2 Å². The fraction of sp³-hybridized carbons (Fsp3) is 0.333. The molecule has 1 fully saturated rings. The number of fused-ring (bicyclic) bond motifs is 1. The molecule has 1 aliphatic heterocycles. The van der Waals surface area contributed by atoms with E-state index in [1.54, 1.807) is 12.1 Å². The first kappa shape index (κ1) is 17.4. The number of imide groups is 1. The van der Waals surface area contributed by atoms with Crippen molar-refractivity contribution < 1.29 is 23.9 Å². The molecule has 0 saturated carbocycles. The lowest BCUT2D eigenvalue weighted by Gasteiger charge is -2.14. The van der Waals surface area contributed by atoms with Gasteiger partial charge in [-0.3, -0.25) is 24.1 Å². The standard InChI is InChI=1S/C18H16ClNO5/c19-12-7-5-11(6-8-12)15(21)10-25-16(22)9-20-17(23)13-3-1-2-4-14(13)18(20)24/h1-2,5-8,13-14H,3-4,9-10H2/t13-,14-/m1/s1. The molecule has 7 heteroatoms. The number of esters is 1. The van der Waals surface area contributed by atoms with Gasteiger partial charge in [0.25, 0.3) is 0 Å². The molecule has 1 saturated heterocycles. The number of amides is 2. The third-order valence-electron chi connectivity index (χ3n) is 4.42. The molecule has 1 aliphatic carbocycles. The van der Waals surface area contributed by atoms with Gasteiger partial charge in [-0.25, -0.2) is 0 Å². The van der Waals surface area contributed by atoms with Gasteiger partial charge in [-0.05, 0) is 37.1 Å². The number of ether oxygens (including phenoxy) is 1. The summed E-state index contributed by atoms with van der Waals surface area (Å²) in [6.45, 7) is -0.913. The van der Waals surface area contributed by atoms with Gasteiger partial charge in [0.15, 0.2) is 12.4 Å². The van der Waals surface area contributed by atoms with Gasteiger partial charge in [0, 0.05) is 10.6 Å². The van der Waals surface area contributed by atoms with Gasteiger partial charge < -0.3 is 4.74 Å². The molecule has 0 N–H and O–H groups in total. The van der Waals surface area contributed by atoms with E-state index in [4.69, 9.17) is 16.3 Å². The van der Waals surface area contributed by atoms with Crippen LogP contribution in [0, 0.1) is 11.8 Å². The maximum Gasteiger partial charge on any atom is 0.326 e. The summed E-state index contributed by atoms with van der Waals surface area (Å²) in [4.78, 5) is 49.3. The predicted octanol–water partition coefficient (Wildman–Crippen LogP) is 2.02. The zero-order chi connectivity index (χ0) is 18.0. The Hall–Kier alpha value is -2.47. The van der Waals surface area contributed by atoms with Gasteiger partial charge in [-0.15, -0.1) is 0 Å². The van der Waals surface area contributed by atoms with Crippen molar-refractivity contribution in [2.24, 2.45) is 11.8 Å². The quantitative estimate of drug-likeness (QED) is 0.347. The average Bonchev–Trinajstić information content (AvgIpc) is 2.86. The first-order chi connectivity index (χ1) is 12.0. The highest BCUT2D eigenvalue weighted by Crippen LogP contribution is 2.34. The normalized spacial score (nSPS) is 22.0. The number of likely N-dealkylation sites (tertiary alicyclic amines) is 1. The molecule has 0 radical (unpaired) electrons. The molecule has 0 bridgehead atoms. The second kappa shape index (κ2) is 7.19. The van der Waals surface area contributed by atoms with E-state index in [-0.39, 0.29) is 29.4 Å². The Balaban J connectivity index is 1.54. The maximum absolute atomic E-state index is 12.3. The van der Waals surface area contributed by atoms with Gasteiger partial charge in [-0.2, -0.15) is 0 Å². The summed E-state index contributed by atoms with van der Waals surface area (Å²) in [5.41, 5.74) is 0.364. The van der Waals surface area contributed by atoms with Crippen LogP contribution in [0.1, 0.15) is 23.2 Å². The minimum absolute atomic E-state index is 0.347. The second-order valence-electron chi connectivity index (χ2n) is 6.01. The lowest BCUT2D eigenvalue weighted by Crippen LogP contribution is -2.37. The fourth-order valence-electron chi connectivity index (χ4n) is 3.06. The van der Waals surface area contributed by atoms with Gasteiger partial charge in [0.1, 0.15) is 6.54 Å². The van der Waals surface area contributed by atoms with E-state index in [1.807, 2.05) is 12.2 Å². The van der Waals surface area contributed by atoms with Crippen LogP contribution >= 0.6 is 11.6 Å². The summed E-state index contributed by atoms with van der Waals surface area (Å²) in [6.07, 6.45) is 4.77. The molecule has 25 heavy (non-hydrogen) atoms. The second-order valence-corrected chi connectivity index (χ2v) is 6.45. The smallest absolute Gasteiger partial charge is 0.326 e. The largest absolute Gasteiger partial charge is 0.456 e. The van der Waals surface area contributed by atoms with Gasteiger partial charge in [0.05, 0.1) is 11.8 Å². The first-order valence-electron chi connectivity index (χ1n) is 7.92. The lowest BCUT2D eigenvalue weighted by atomic mass is 9.85. The van der Waals surface area contributed by atoms with Crippen LogP contribution in [0.5, 0.6) is 0 Å². The van der Waals surface area contributed by atoms with Crippen molar-refractivity contribution >= 4 is 35.2 Å². The molecule has 1 aromatic rings. The number of hydrogen-bond donors (Lipinski definition) is 0. The third-order valence-corrected chi connectivity index (χ3v) is 4.67. The van der Waals surface area contributed by atoms with Crippen LogP contribution in [0.2, 0.25) is 5.02 Å². The average molecular weight is 362 g/mol. The maximum atomic E-state index is 12.3. The van der Waals surface area contributed by atoms with Crippen LogP contribution in [-0.4, -0.2) is 41.6 Å². The van der Waals surface area contributed by atoms with Crippen molar-refractivity contribution in [3.63, 3.8) is 0 Å². The topological polar surface area (TPSA) is 80.8 Å². The highest BCUT2D eigenvalue weighted by Gasteiger charge is 2.47. The summed E-state index contributed by atoms with van der Waals surface area (Å²) >= 11 is 5.75. The molecular weight excluding hydrogens is 346 g/mol. The van der Waals surface area contributed by atoms with E-state index < -0.39 is 19.1 Å². The Bertz CT molecular complexity index is 729. The summed E-state index contributed by atoms with van der Waals surface area (Å²) in [5.74, 6) is -2.64. The van der Waals surface area contributed by atoms with Crippen molar-refractivity contribution in [1.82, 2.24) is 4.90 Å². The molecule has 3 rings (SSSR count). The number of carbonyl (C=O) groups excluding carboxylic acids is 4. The molecule has 1 aromatic carbocycles. The number of nitrogens with zero attached hydrogens (tertiary/aromatic N) is 1. The Kier molecular flexibility index (Phi) is 4.99. The van der Waals surface area contributed by atoms with Gasteiger partial charge in [-0.1, -0.05) is 23.8 Å². The predicted molar refractivity (Wildman–Crippen MR) is 88.8 cm³/mol. The van der Waals surface area contributed by atoms with Crippen molar-refractivity contribution in [2.75, 3.05) is 13.2 Å². The van der Waals surface area contributed by atoms with Crippen LogP contribution in [0.15, 0.2) is 36.4 Å². The van der Waals surface area contributed by atoms with Crippen LogP contribution in [0.25, 0.3) is 0 Å². The van der Waals surface area contributed by atoms with Crippen LogP contribution in [0.4, 0.5) is 0 Å². The highest BCUT2D eigenvalue weighted by molar-refractivity contribution is 6.30. The molecule has 0 spiro atoms. The molecule has 0 aromatic heterocycles. The summed E-state index contributed by atoms with van der Waals surface area (Å²) in [7, 11) is 0. The number of halogens is 1. The van der Waals surface area contributed by atoms with Crippen molar-refractivity contribution in [3.05, 3.63) is 47.0 Å². The molecule has 1 heterocycles. The SMILES string of the molecule is O=C(CN1C(=O)[C@@H]2CC=CC[C@H]2C1=O)OCC(=O)c1ccc(Cl)cc1. The minimum atomic E-state index is -0.782. The molecular formula is C18H16ClNO5. The zero-order valence-corrected chi connectivity index (χ0v) is 14.1. The Morgan fingerprint density at radius 3 is 2.16 bits per heavy atom. The summed E-state index contributed by atoms with van der Waals surface area (Å²) in [5, 5.41) is 0.496. The van der Waals surface area contributed by atoms with Crippen molar-refractivity contribution in [2.45, 2.75) is 12.8 Å². The minimum Gasteiger partial charge on any atom is -0.456 e. The Labute approximate surface area is 149 Å². The molecule has 2 atom stereocenters. The fourth-order valence-corrected chi connectivity index (χ4v) is 3.19. The number of carbonyl (C=O) groups is 4. The Morgan fingerprint density at radius 2 is 1.60 bits per heavy atom. The Morgan fingerprint density at radius 1 is 1.04 bits per heavy atom. The van der Waals surface area contributed by atoms with Gasteiger partial charge in [0.2, 0.25) is 11.8 Å². The third kappa shape index (κ3) is 3.64. The number of ketones is 1.